The molecule has 1 aromatic heterocycles. The van der Waals surface area contributed by atoms with Crippen LogP contribution in [0, 0.1) is 6.92 Å². The van der Waals surface area contributed by atoms with Gasteiger partial charge in [0.25, 0.3) is 0 Å². The molecule has 1 aliphatic rings. The van der Waals surface area contributed by atoms with E-state index in [-0.39, 0.29) is 0 Å². The first kappa shape index (κ1) is 14.5. The van der Waals surface area contributed by atoms with Crippen LogP contribution >= 0.6 is 0 Å². The zero-order valence-electron chi connectivity index (χ0n) is 12.8. The molecule has 1 aliphatic heterocycles. The van der Waals surface area contributed by atoms with Crippen molar-refractivity contribution in [3.63, 3.8) is 0 Å². The molecule has 3 aromatic rings. The van der Waals surface area contributed by atoms with Crippen LogP contribution in [0.15, 0.2) is 53.4 Å². The van der Waals surface area contributed by atoms with Crippen LogP contribution in [0.2, 0.25) is 0 Å². The van der Waals surface area contributed by atoms with Gasteiger partial charge < -0.3 is 4.98 Å². The molecule has 0 bridgehead atoms. The Labute approximate surface area is 135 Å². The Balaban J connectivity index is 1.94. The van der Waals surface area contributed by atoms with Gasteiger partial charge >= 0.3 is 0 Å². The summed E-state index contributed by atoms with van der Waals surface area (Å²) in [6.45, 7) is 2.49. The van der Waals surface area contributed by atoms with E-state index in [4.69, 9.17) is 0 Å². The van der Waals surface area contributed by atoms with Gasteiger partial charge in [0.2, 0.25) is 0 Å². The summed E-state index contributed by atoms with van der Waals surface area (Å²) >= 11 is 0. The Bertz CT molecular complexity index is 989. The van der Waals surface area contributed by atoms with Gasteiger partial charge in [-0.3, -0.25) is 5.32 Å². The molecule has 5 heteroatoms. The Morgan fingerprint density at radius 3 is 2.61 bits per heavy atom. The minimum atomic E-state index is -3.50. The lowest BCUT2D eigenvalue weighted by Gasteiger charge is -2.25. The molecule has 2 heterocycles. The number of benzene rings is 2. The number of sulfone groups is 1. The normalized spacial score (nSPS) is 18.0. The highest BCUT2D eigenvalue weighted by Gasteiger charge is 2.35. The van der Waals surface area contributed by atoms with E-state index in [0.717, 1.165) is 34.1 Å². The highest BCUT2D eigenvalue weighted by Crippen LogP contribution is 2.37. The van der Waals surface area contributed by atoms with Gasteiger partial charge in [0.1, 0.15) is 5.37 Å². The van der Waals surface area contributed by atoms with Crippen LogP contribution in [-0.4, -0.2) is 19.9 Å². The maximum Gasteiger partial charge on any atom is 0.198 e. The first-order valence-corrected chi connectivity index (χ1v) is 9.26. The van der Waals surface area contributed by atoms with E-state index in [1.807, 2.05) is 43.3 Å². The van der Waals surface area contributed by atoms with Crippen LogP contribution < -0.4 is 5.32 Å². The van der Waals surface area contributed by atoms with Gasteiger partial charge in [-0.1, -0.05) is 36.4 Å². The summed E-state index contributed by atoms with van der Waals surface area (Å²) in [6, 6.07) is 15.0. The number of nitrogens with one attached hydrogen (secondary N) is 2. The number of fused-ring (bicyclic) bond motifs is 3. The van der Waals surface area contributed by atoms with Crippen LogP contribution in [0.5, 0.6) is 0 Å². The van der Waals surface area contributed by atoms with E-state index in [9.17, 15) is 8.42 Å². The minimum Gasteiger partial charge on any atom is -0.358 e. The van der Waals surface area contributed by atoms with Crippen molar-refractivity contribution < 1.29 is 8.42 Å². The fourth-order valence-electron chi connectivity index (χ4n) is 3.41. The van der Waals surface area contributed by atoms with Gasteiger partial charge in [-0.2, -0.15) is 0 Å². The molecule has 0 saturated heterocycles. The molecule has 0 saturated carbocycles. The fraction of sp³-hybridized carbons (Fsp3) is 0.222. The maximum atomic E-state index is 13.2. The quantitative estimate of drug-likeness (QED) is 0.761. The minimum absolute atomic E-state index is 0.399. The number of aryl methyl sites for hydroxylation is 1. The van der Waals surface area contributed by atoms with Crippen LogP contribution in [0.1, 0.15) is 22.2 Å². The van der Waals surface area contributed by atoms with Crippen LogP contribution in [0.4, 0.5) is 0 Å². The Hall–Kier alpha value is -2.11. The average molecular weight is 326 g/mol. The van der Waals surface area contributed by atoms with Crippen LogP contribution in [0.25, 0.3) is 10.9 Å². The molecule has 0 fully saturated rings. The van der Waals surface area contributed by atoms with E-state index in [1.54, 1.807) is 12.1 Å². The number of H-pyrrole nitrogens is 1. The lowest BCUT2D eigenvalue weighted by Crippen LogP contribution is -2.35. The van der Waals surface area contributed by atoms with Crippen molar-refractivity contribution in [1.29, 1.82) is 0 Å². The molecule has 2 aromatic carbocycles. The van der Waals surface area contributed by atoms with E-state index < -0.39 is 15.2 Å². The lowest BCUT2D eigenvalue weighted by molar-refractivity contribution is 0.541. The zero-order valence-corrected chi connectivity index (χ0v) is 13.7. The van der Waals surface area contributed by atoms with Crippen molar-refractivity contribution >= 4 is 20.7 Å². The van der Waals surface area contributed by atoms with E-state index >= 15 is 0 Å². The standard InChI is InChI=1S/C18H18N2O2S/c1-12-6-2-5-9-16(12)23(21,22)18-17-13-7-3-4-8-14(13)20-15(17)10-11-19-18/h2-9,18-20H,10-11H2,1H3. The van der Waals surface area contributed by atoms with E-state index in [1.165, 1.54) is 0 Å². The molecule has 118 valence electrons. The molecule has 2 N–H and O–H groups in total. The number of rotatable bonds is 2. The first-order chi connectivity index (χ1) is 11.1. The monoisotopic (exact) mass is 326 g/mol. The summed E-state index contributed by atoms with van der Waals surface area (Å²) in [5, 5.41) is 3.49. The topological polar surface area (TPSA) is 62.0 Å². The van der Waals surface area contributed by atoms with E-state index in [0.29, 0.717) is 11.4 Å². The van der Waals surface area contributed by atoms with Crippen molar-refractivity contribution in [3.05, 3.63) is 65.4 Å². The summed E-state index contributed by atoms with van der Waals surface area (Å²) in [7, 11) is -3.50. The fourth-order valence-corrected chi connectivity index (χ4v) is 5.37. The largest absolute Gasteiger partial charge is 0.358 e. The number of para-hydroxylation sites is 1. The molecule has 1 unspecified atom stereocenters. The van der Waals surface area contributed by atoms with Crippen molar-refractivity contribution in [2.75, 3.05) is 6.54 Å². The predicted molar refractivity (Wildman–Crippen MR) is 91.1 cm³/mol. The van der Waals surface area contributed by atoms with Crippen molar-refractivity contribution in [1.82, 2.24) is 10.3 Å². The van der Waals surface area contributed by atoms with Gasteiger partial charge in [0, 0.05) is 35.1 Å². The van der Waals surface area contributed by atoms with E-state index in [2.05, 4.69) is 10.3 Å². The molecular weight excluding hydrogens is 308 g/mol. The molecule has 0 aliphatic carbocycles. The smallest absolute Gasteiger partial charge is 0.198 e. The average Bonchev–Trinajstić information content (AvgIpc) is 2.93. The molecular formula is C18H18N2O2S. The molecule has 1 atom stereocenters. The maximum absolute atomic E-state index is 13.2. The highest BCUT2D eigenvalue weighted by molar-refractivity contribution is 7.91. The molecule has 0 amide bonds. The Morgan fingerprint density at radius 2 is 1.78 bits per heavy atom. The van der Waals surface area contributed by atoms with Crippen LogP contribution in [0.3, 0.4) is 0 Å². The zero-order chi connectivity index (χ0) is 16.0. The first-order valence-electron chi connectivity index (χ1n) is 7.71. The summed E-state index contributed by atoms with van der Waals surface area (Å²) in [5.74, 6) is 0. The van der Waals surface area contributed by atoms with Gasteiger partial charge in [-0.25, -0.2) is 8.42 Å². The second kappa shape index (κ2) is 5.22. The van der Waals surface area contributed by atoms with Crippen molar-refractivity contribution in [3.8, 4) is 0 Å². The number of hydrogen-bond donors (Lipinski definition) is 2. The van der Waals surface area contributed by atoms with Gasteiger partial charge in [-0.05, 0) is 24.6 Å². The molecule has 4 rings (SSSR count). The number of aromatic amines is 1. The lowest BCUT2D eigenvalue weighted by atomic mass is 10.1. The summed E-state index contributed by atoms with van der Waals surface area (Å²) < 4.78 is 26.5. The van der Waals surface area contributed by atoms with Gasteiger partial charge in [-0.15, -0.1) is 0 Å². The summed E-state index contributed by atoms with van der Waals surface area (Å²) in [4.78, 5) is 3.78. The third-order valence-corrected chi connectivity index (χ3v) is 6.60. The molecule has 0 radical (unpaired) electrons. The third-order valence-electron chi connectivity index (χ3n) is 4.51. The second-order valence-electron chi connectivity index (χ2n) is 5.96. The second-order valence-corrected chi connectivity index (χ2v) is 7.96. The SMILES string of the molecule is Cc1ccccc1S(=O)(=O)C1NCCc2[nH]c3ccccc3c21. The Morgan fingerprint density at radius 1 is 1.04 bits per heavy atom. The summed E-state index contributed by atoms with van der Waals surface area (Å²) in [6.07, 6.45) is 0.809. The van der Waals surface area contributed by atoms with Crippen molar-refractivity contribution in [2.24, 2.45) is 0 Å². The number of hydrogen-bond acceptors (Lipinski definition) is 3. The summed E-state index contributed by atoms with van der Waals surface area (Å²) in [5.41, 5.74) is 3.66. The molecule has 4 nitrogen and oxygen atoms in total. The third kappa shape index (κ3) is 2.19. The Kier molecular flexibility index (Phi) is 3.28. The number of aromatic nitrogens is 1. The molecule has 23 heavy (non-hydrogen) atoms. The van der Waals surface area contributed by atoms with Crippen LogP contribution in [-0.2, 0) is 16.3 Å². The van der Waals surface area contributed by atoms with Gasteiger partial charge in [0.15, 0.2) is 9.84 Å². The molecule has 0 spiro atoms. The van der Waals surface area contributed by atoms with Crippen molar-refractivity contribution in [2.45, 2.75) is 23.6 Å². The predicted octanol–water partition coefficient (Wildman–Crippen LogP) is 3.09. The van der Waals surface area contributed by atoms with Gasteiger partial charge in [0.05, 0.1) is 4.90 Å². The highest BCUT2D eigenvalue weighted by atomic mass is 32.2.